The van der Waals surface area contributed by atoms with Gasteiger partial charge in [0, 0.05) is 31.4 Å². The molecule has 2 aromatic carbocycles. The smallest absolute Gasteiger partial charge is 0.243 e. The summed E-state index contributed by atoms with van der Waals surface area (Å²) < 4.78 is 39.6. The van der Waals surface area contributed by atoms with Crippen LogP contribution in [0.2, 0.25) is 0 Å². The zero-order valence-corrected chi connectivity index (χ0v) is 23.5. The first-order valence-corrected chi connectivity index (χ1v) is 15.0. The molecule has 2 aromatic heterocycles. The molecule has 204 valence electrons. The van der Waals surface area contributed by atoms with Crippen molar-refractivity contribution >= 4 is 42.6 Å². The van der Waals surface area contributed by atoms with Crippen molar-refractivity contribution in [3.63, 3.8) is 0 Å². The van der Waals surface area contributed by atoms with Crippen molar-refractivity contribution in [2.45, 2.75) is 31.2 Å². The van der Waals surface area contributed by atoms with Crippen LogP contribution in [0.3, 0.4) is 0 Å². The Kier molecular flexibility index (Phi) is 8.10. The summed E-state index contributed by atoms with van der Waals surface area (Å²) in [6.45, 7) is 3.36. The Morgan fingerprint density at radius 3 is 2.51 bits per heavy atom. The maximum atomic E-state index is 13.9. The maximum absolute atomic E-state index is 13.9. The standard InChI is InChI=1S/C28H30N4O5S2/c1-3-37-23-8-11-25-26(17-23)38-28(30-25)32(19-20-5-4-14-29-18-20)27(33)21-12-15-31(16-13-21)39(34,35)24-9-6-22(36-2)7-10-24/h4-11,14,17-18,21H,3,12-13,15-16,19H2,1-2H3. The van der Waals surface area contributed by atoms with E-state index in [1.165, 1.54) is 22.8 Å². The second-order valence-electron chi connectivity index (χ2n) is 9.20. The molecule has 1 aliphatic rings. The van der Waals surface area contributed by atoms with Crippen molar-refractivity contribution in [1.29, 1.82) is 0 Å². The van der Waals surface area contributed by atoms with E-state index in [1.54, 1.807) is 41.6 Å². The number of ether oxygens (including phenoxy) is 2. The van der Waals surface area contributed by atoms with Crippen LogP contribution < -0.4 is 14.4 Å². The largest absolute Gasteiger partial charge is 0.497 e. The highest BCUT2D eigenvalue weighted by Gasteiger charge is 2.35. The molecule has 0 unspecified atom stereocenters. The number of fused-ring (bicyclic) bond motifs is 1. The molecule has 0 spiro atoms. The van der Waals surface area contributed by atoms with Crippen molar-refractivity contribution in [3.05, 3.63) is 72.6 Å². The van der Waals surface area contributed by atoms with Crippen LogP contribution in [-0.4, -0.2) is 55.4 Å². The Balaban J connectivity index is 1.36. The number of benzene rings is 2. The van der Waals surface area contributed by atoms with Crippen molar-refractivity contribution < 1.29 is 22.7 Å². The van der Waals surface area contributed by atoms with Crippen LogP contribution in [0.5, 0.6) is 11.5 Å². The molecular weight excluding hydrogens is 536 g/mol. The van der Waals surface area contributed by atoms with Crippen molar-refractivity contribution in [3.8, 4) is 11.5 Å². The molecule has 5 rings (SSSR count). The molecule has 0 bridgehead atoms. The van der Waals surface area contributed by atoms with E-state index in [-0.39, 0.29) is 29.8 Å². The number of aromatic nitrogens is 2. The minimum Gasteiger partial charge on any atom is -0.497 e. The predicted molar refractivity (Wildman–Crippen MR) is 151 cm³/mol. The van der Waals surface area contributed by atoms with Gasteiger partial charge in [-0.1, -0.05) is 17.4 Å². The molecule has 0 saturated carbocycles. The summed E-state index contributed by atoms with van der Waals surface area (Å²) in [6, 6.07) is 15.8. The summed E-state index contributed by atoms with van der Waals surface area (Å²) in [5, 5.41) is 0.598. The molecule has 1 fully saturated rings. The molecular formula is C28H30N4O5S2. The van der Waals surface area contributed by atoms with Gasteiger partial charge in [-0.15, -0.1) is 0 Å². The molecule has 11 heteroatoms. The number of amides is 1. The first-order valence-electron chi connectivity index (χ1n) is 12.8. The van der Waals surface area contributed by atoms with E-state index < -0.39 is 10.0 Å². The highest BCUT2D eigenvalue weighted by Crippen LogP contribution is 2.34. The van der Waals surface area contributed by atoms with Gasteiger partial charge in [0.05, 0.1) is 35.4 Å². The number of hydrogen-bond acceptors (Lipinski definition) is 8. The zero-order valence-electron chi connectivity index (χ0n) is 21.8. The first-order chi connectivity index (χ1) is 18.9. The van der Waals surface area contributed by atoms with E-state index in [9.17, 15) is 13.2 Å². The van der Waals surface area contributed by atoms with Gasteiger partial charge < -0.3 is 9.47 Å². The van der Waals surface area contributed by atoms with E-state index in [0.717, 1.165) is 21.5 Å². The molecule has 0 atom stereocenters. The fraction of sp³-hybridized carbons (Fsp3) is 0.321. The van der Waals surface area contributed by atoms with Crippen LogP contribution in [0.4, 0.5) is 5.13 Å². The van der Waals surface area contributed by atoms with Gasteiger partial charge in [-0.25, -0.2) is 13.4 Å². The number of carbonyl (C=O) groups is 1. The Morgan fingerprint density at radius 1 is 1.10 bits per heavy atom. The normalized spacial score (nSPS) is 14.8. The Hall–Kier alpha value is -3.54. The molecule has 0 radical (unpaired) electrons. The molecule has 0 aliphatic carbocycles. The van der Waals surface area contributed by atoms with Crippen LogP contribution in [-0.2, 0) is 21.4 Å². The lowest BCUT2D eigenvalue weighted by Gasteiger charge is -2.33. The molecule has 4 aromatic rings. The lowest BCUT2D eigenvalue weighted by Crippen LogP contribution is -2.44. The Morgan fingerprint density at radius 2 is 1.85 bits per heavy atom. The van der Waals surface area contributed by atoms with Crippen LogP contribution >= 0.6 is 11.3 Å². The van der Waals surface area contributed by atoms with E-state index in [4.69, 9.17) is 14.5 Å². The lowest BCUT2D eigenvalue weighted by molar-refractivity contribution is -0.123. The quantitative estimate of drug-likeness (QED) is 0.289. The number of piperidine rings is 1. The minimum atomic E-state index is -3.66. The number of nitrogens with zero attached hydrogens (tertiary/aromatic N) is 4. The summed E-state index contributed by atoms with van der Waals surface area (Å²) in [4.78, 5) is 24.8. The molecule has 1 aliphatic heterocycles. The fourth-order valence-electron chi connectivity index (χ4n) is 4.64. The number of sulfonamides is 1. The van der Waals surface area contributed by atoms with Crippen molar-refractivity contribution in [2.24, 2.45) is 5.92 Å². The highest BCUT2D eigenvalue weighted by molar-refractivity contribution is 7.89. The molecule has 39 heavy (non-hydrogen) atoms. The van der Waals surface area contributed by atoms with Crippen molar-refractivity contribution in [2.75, 3.05) is 31.7 Å². The molecule has 0 N–H and O–H groups in total. The average Bonchev–Trinajstić information content (AvgIpc) is 3.39. The van der Waals surface area contributed by atoms with Crippen LogP contribution in [0.15, 0.2) is 71.9 Å². The Labute approximate surface area is 232 Å². The summed E-state index contributed by atoms with van der Waals surface area (Å²) >= 11 is 1.44. The number of hydrogen-bond donors (Lipinski definition) is 0. The van der Waals surface area contributed by atoms with Gasteiger partial charge in [0.25, 0.3) is 0 Å². The van der Waals surface area contributed by atoms with E-state index >= 15 is 0 Å². The lowest BCUT2D eigenvalue weighted by atomic mass is 9.96. The molecule has 9 nitrogen and oxygen atoms in total. The third-order valence-electron chi connectivity index (χ3n) is 6.72. The van der Waals surface area contributed by atoms with E-state index in [2.05, 4.69) is 4.98 Å². The van der Waals surface area contributed by atoms with E-state index in [1.807, 2.05) is 37.3 Å². The highest BCUT2D eigenvalue weighted by atomic mass is 32.2. The maximum Gasteiger partial charge on any atom is 0.243 e. The summed E-state index contributed by atoms with van der Waals surface area (Å²) in [5.41, 5.74) is 1.68. The van der Waals surface area contributed by atoms with Gasteiger partial charge in [-0.2, -0.15) is 4.31 Å². The zero-order chi connectivity index (χ0) is 27.4. The number of rotatable bonds is 9. The molecule has 3 heterocycles. The van der Waals surface area contributed by atoms with Gasteiger partial charge in [0.1, 0.15) is 11.5 Å². The predicted octanol–water partition coefficient (Wildman–Crippen LogP) is 4.73. The summed E-state index contributed by atoms with van der Waals surface area (Å²) in [7, 11) is -2.12. The van der Waals surface area contributed by atoms with Gasteiger partial charge in [-0.3, -0.25) is 14.7 Å². The van der Waals surface area contributed by atoms with Gasteiger partial charge in [-0.05, 0) is 73.9 Å². The first kappa shape index (κ1) is 27.0. The topological polar surface area (TPSA) is 102 Å². The Bertz CT molecular complexity index is 1530. The van der Waals surface area contributed by atoms with Crippen LogP contribution in [0.25, 0.3) is 10.2 Å². The number of thiazole rings is 1. The third-order valence-corrected chi connectivity index (χ3v) is 9.67. The van der Waals surface area contributed by atoms with Gasteiger partial charge in [0.2, 0.25) is 15.9 Å². The molecule has 1 amide bonds. The van der Waals surface area contributed by atoms with Gasteiger partial charge in [0.15, 0.2) is 5.13 Å². The second-order valence-corrected chi connectivity index (χ2v) is 12.1. The van der Waals surface area contributed by atoms with Crippen molar-refractivity contribution in [1.82, 2.24) is 14.3 Å². The van der Waals surface area contributed by atoms with Crippen LogP contribution in [0, 0.1) is 5.92 Å². The van der Waals surface area contributed by atoms with E-state index in [0.29, 0.717) is 36.9 Å². The fourth-order valence-corrected chi connectivity index (χ4v) is 7.11. The SMILES string of the molecule is CCOc1ccc2nc(N(Cc3cccnc3)C(=O)C3CCN(S(=O)(=O)c4ccc(OC)cc4)CC3)sc2c1. The monoisotopic (exact) mass is 566 g/mol. The summed E-state index contributed by atoms with van der Waals surface area (Å²) in [5.74, 6) is 0.964. The van der Waals surface area contributed by atoms with Gasteiger partial charge >= 0.3 is 0 Å². The number of pyridine rings is 1. The minimum absolute atomic E-state index is 0.0653. The number of anilines is 1. The number of carbonyl (C=O) groups excluding carboxylic acids is 1. The molecule has 1 saturated heterocycles. The number of methoxy groups -OCH3 is 1. The van der Waals surface area contributed by atoms with Crippen LogP contribution in [0.1, 0.15) is 25.3 Å². The second kappa shape index (κ2) is 11.7. The average molecular weight is 567 g/mol. The summed E-state index contributed by atoms with van der Waals surface area (Å²) in [6.07, 6.45) is 4.29. The third kappa shape index (κ3) is 5.90.